The lowest BCUT2D eigenvalue weighted by Gasteiger charge is -2.08. The Morgan fingerprint density at radius 1 is 1.38 bits per heavy atom. The van der Waals surface area contributed by atoms with Crippen LogP contribution in [0.4, 0.5) is 0 Å². The maximum absolute atomic E-state index is 11.4. The summed E-state index contributed by atoms with van der Waals surface area (Å²) in [5.74, 6) is -2.06. The largest absolute Gasteiger partial charge is 0.480 e. The van der Waals surface area contributed by atoms with Gasteiger partial charge in [-0.15, -0.1) is 0 Å². The van der Waals surface area contributed by atoms with E-state index in [9.17, 15) is 19.2 Å². The van der Waals surface area contributed by atoms with Crippen LogP contribution in [-0.2, 0) is 4.79 Å². The number of hydrogen-bond acceptors (Lipinski definition) is 4. The van der Waals surface area contributed by atoms with Crippen molar-refractivity contribution in [2.75, 3.05) is 0 Å². The molecule has 0 unspecified atom stereocenters. The van der Waals surface area contributed by atoms with Crippen LogP contribution in [0, 0.1) is 0 Å². The van der Waals surface area contributed by atoms with E-state index >= 15 is 0 Å². The van der Waals surface area contributed by atoms with Gasteiger partial charge in [-0.25, -0.2) is 4.79 Å². The Bertz CT molecular complexity index is 501. The van der Waals surface area contributed by atoms with Gasteiger partial charge in [0, 0.05) is 6.07 Å². The summed E-state index contributed by atoms with van der Waals surface area (Å²) in [6, 6.07) is -0.249. The minimum Gasteiger partial charge on any atom is -0.480 e. The molecule has 0 aliphatic rings. The molecule has 16 heavy (non-hydrogen) atoms. The molecule has 1 aromatic heterocycles. The van der Waals surface area contributed by atoms with Crippen LogP contribution in [0.25, 0.3) is 0 Å². The molecule has 1 aromatic rings. The van der Waals surface area contributed by atoms with Gasteiger partial charge in [-0.05, 0) is 6.92 Å². The van der Waals surface area contributed by atoms with Crippen molar-refractivity contribution in [3.63, 3.8) is 0 Å². The van der Waals surface area contributed by atoms with E-state index < -0.39 is 29.2 Å². The van der Waals surface area contributed by atoms with E-state index in [1.807, 2.05) is 4.98 Å². The first-order valence-electron chi connectivity index (χ1n) is 4.27. The fraction of sp³-hybridized carbons (Fsp3) is 0.250. The number of carbonyl (C=O) groups is 2. The highest BCUT2D eigenvalue weighted by Gasteiger charge is 2.16. The molecule has 8 heteroatoms. The first-order chi connectivity index (χ1) is 7.40. The molecule has 0 fully saturated rings. The zero-order valence-electron chi connectivity index (χ0n) is 8.23. The number of amides is 1. The number of aromatic amines is 2. The first kappa shape index (κ1) is 11.7. The van der Waals surface area contributed by atoms with E-state index in [-0.39, 0.29) is 5.69 Å². The highest BCUT2D eigenvalue weighted by molar-refractivity contribution is 5.94. The van der Waals surface area contributed by atoms with Gasteiger partial charge < -0.3 is 15.4 Å². The van der Waals surface area contributed by atoms with Crippen LogP contribution in [0.15, 0.2) is 15.7 Å². The van der Waals surface area contributed by atoms with Gasteiger partial charge in [0.25, 0.3) is 11.5 Å². The fourth-order valence-corrected chi connectivity index (χ4v) is 0.927. The number of aliphatic carboxylic acids is 1. The molecule has 0 aliphatic carbocycles. The molecule has 8 nitrogen and oxygen atoms in total. The van der Waals surface area contributed by atoms with E-state index in [1.165, 1.54) is 6.92 Å². The number of H-pyrrole nitrogens is 2. The predicted octanol–water partition coefficient (Wildman–Crippen LogP) is -1.73. The number of aromatic nitrogens is 2. The Morgan fingerprint density at radius 3 is 2.50 bits per heavy atom. The maximum atomic E-state index is 11.4. The van der Waals surface area contributed by atoms with Crippen LogP contribution >= 0.6 is 0 Å². The molecule has 0 aliphatic heterocycles. The molecule has 1 rings (SSSR count). The van der Waals surface area contributed by atoms with Gasteiger partial charge in [-0.2, -0.15) is 0 Å². The second-order valence-corrected chi connectivity index (χ2v) is 3.03. The predicted molar refractivity (Wildman–Crippen MR) is 52.2 cm³/mol. The number of hydrogen-bond donors (Lipinski definition) is 4. The molecule has 0 saturated heterocycles. The molecular formula is C8H9N3O5. The van der Waals surface area contributed by atoms with E-state index in [0.717, 1.165) is 6.07 Å². The SMILES string of the molecule is C[C@H](NC(=O)c1cc(=O)[nH]c(=O)[nH]1)C(=O)O. The molecule has 0 saturated carbocycles. The van der Waals surface area contributed by atoms with Crippen LogP contribution in [-0.4, -0.2) is 33.0 Å². The Kier molecular flexibility index (Phi) is 3.24. The van der Waals surface area contributed by atoms with Crippen molar-refractivity contribution in [1.29, 1.82) is 0 Å². The highest BCUT2D eigenvalue weighted by atomic mass is 16.4. The van der Waals surface area contributed by atoms with Crippen molar-refractivity contribution in [3.8, 4) is 0 Å². The lowest BCUT2D eigenvalue weighted by molar-refractivity contribution is -0.138. The van der Waals surface area contributed by atoms with Crippen LogP contribution in [0.5, 0.6) is 0 Å². The molecular weight excluding hydrogens is 218 g/mol. The minimum absolute atomic E-state index is 0.290. The lowest BCUT2D eigenvalue weighted by Crippen LogP contribution is -2.40. The third-order valence-electron chi connectivity index (χ3n) is 1.72. The molecule has 0 spiro atoms. The average Bonchev–Trinajstić information content (AvgIpc) is 2.15. The van der Waals surface area contributed by atoms with Gasteiger partial charge in [-0.3, -0.25) is 19.4 Å². The van der Waals surface area contributed by atoms with Crippen LogP contribution < -0.4 is 16.6 Å². The summed E-state index contributed by atoms with van der Waals surface area (Å²) in [6.45, 7) is 1.26. The lowest BCUT2D eigenvalue weighted by atomic mass is 10.3. The second kappa shape index (κ2) is 4.43. The van der Waals surface area contributed by atoms with E-state index in [2.05, 4.69) is 10.3 Å². The third kappa shape index (κ3) is 2.80. The maximum Gasteiger partial charge on any atom is 0.326 e. The number of carbonyl (C=O) groups excluding carboxylic acids is 1. The number of carboxylic acids is 1. The first-order valence-corrected chi connectivity index (χ1v) is 4.27. The van der Waals surface area contributed by atoms with Gasteiger partial charge in [0.15, 0.2) is 0 Å². The summed E-state index contributed by atoms with van der Waals surface area (Å²) in [7, 11) is 0. The summed E-state index contributed by atoms with van der Waals surface area (Å²) in [6.07, 6.45) is 0. The van der Waals surface area contributed by atoms with Gasteiger partial charge in [0.05, 0.1) is 0 Å². The number of rotatable bonds is 3. The van der Waals surface area contributed by atoms with E-state index in [1.54, 1.807) is 0 Å². The topological polar surface area (TPSA) is 132 Å². The standard InChI is InChI=1S/C8H9N3O5/c1-3(7(14)15)9-6(13)4-2-5(12)11-8(16)10-4/h2-3H,1H3,(H,9,13)(H,14,15)(H2,10,11,12,16)/t3-/m0/s1. The Hall–Kier alpha value is -2.38. The fourth-order valence-electron chi connectivity index (χ4n) is 0.927. The van der Waals surface area contributed by atoms with E-state index in [0.29, 0.717) is 0 Å². The van der Waals surface area contributed by atoms with Gasteiger partial charge in [-0.1, -0.05) is 0 Å². The van der Waals surface area contributed by atoms with Crippen LogP contribution in [0.3, 0.4) is 0 Å². The van der Waals surface area contributed by atoms with Gasteiger partial charge in [0.2, 0.25) is 0 Å². The summed E-state index contributed by atoms with van der Waals surface area (Å²) in [5, 5.41) is 10.6. The van der Waals surface area contributed by atoms with E-state index in [4.69, 9.17) is 5.11 Å². The molecule has 1 heterocycles. The Morgan fingerprint density at radius 2 is 2.00 bits per heavy atom. The molecule has 0 bridgehead atoms. The highest BCUT2D eigenvalue weighted by Crippen LogP contribution is 1.88. The molecule has 1 atom stereocenters. The smallest absolute Gasteiger partial charge is 0.326 e. The zero-order chi connectivity index (χ0) is 12.3. The molecule has 0 radical (unpaired) electrons. The van der Waals surface area contributed by atoms with Crippen molar-refractivity contribution < 1.29 is 14.7 Å². The van der Waals surface area contributed by atoms with Gasteiger partial charge >= 0.3 is 11.7 Å². The van der Waals surface area contributed by atoms with Crippen LogP contribution in [0.1, 0.15) is 17.4 Å². The quantitative estimate of drug-likeness (QED) is 0.487. The van der Waals surface area contributed by atoms with Crippen molar-refractivity contribution >= 4 is 11.9 Å². The summed E-state index contributed by atoms with van der Waals surface area (Å²) in [4.78, 5) is 47.5. The molecule has 86 valence electrons. The zero-order valence-corrected chi connectivity index (χ0v) is 8.23. The monoisotopic (exact) mass is 227 g/mol. The molecule has 4 N–H and O–H groups in total. The number of nitrogens with one attached hydrogen (secondary N) is 3. The average molecular weight is 227 g/mol. The van der Waals surface area contributed by atoms with Crippen molar-refractivity contribution in [2.24, 2.45) is 0 Å². The second-order valence-electron chi connectivity index (χ2n) is 3.03. The van der Waals surface area contributed by atoms with Gasteiger partial charge in [0.1, 0.15) is 11.7 Å². The molecule has 0 aromatic carbocycles. The molecule has 1 amide bonds. The van der Waals surface area contributed by atoms with Crippen LogP contribution in [0.2, 0.25) is 0 Å². The van der Waals surface area contributed by atoms with Crippen molar-refractivity contribution in [3.05, 3.63) is 32.6 Å². The minimum atomic E-state index is -1.22. The summed E-state index contributed by atoms with van der Waals surface area (Å²) < 4.78 is 0. The Labute approximate surface area is 88.3 Å². The van der Waals surface area contributed by atoms with Crippen molar-refractivity contribution in [1.82, 2.24) is 15.3 Å². The summed E-state index contributed by atoms with van der Waals surface area (Å²) in [5.41, 5.74) is -1.86. The third-order valence-corrected chi connectivity index (χ3v) is 1.72. The Balaban J connectivity index is 2.93. The summed E-state index contributed by atoms with van der Waals surface area (Å²) >= 11 is 0. The van der Waals surface area contributed by atoms with Crippen molar-refractivity contribution in [2.45, 2.75) is 13.0 Å². The normalized spacial score (nSPS) is 11.8. The number of carboxylic acid groups (broad SMARTS) is 1.